The van der Waals surface area contributed by atoms with E-state index in [4.69, 9.17) is 0 Å². The number of nitrogens with one attached hydrogen (secondary N) is 3. The third-order valence-corrected chi connectivity index (χ3v) is 3.45. The van der Waals surface area contributed by atoms with E-state index in [0.717, 1.165) is 24.6 Å². The summed E-state index contributed by atoms with van der Waals surface area (Å²) in [5.41, 5.74) is 1.69. The first-order chi connectivity index (χ1) is 12.3. The molecule has 6 nitrogen and oxygen atoms in total. The summed E-state index contributed by atoms with van der Waals surface area (Å²) in [6.45, 7) is 4.59. The van der Waals surface area contributed by atoms with Gasteiger partial charge in [-0.25, -0.2) is 0 Å². The Morgan fingerprint density at radius 1 is 1.00 bits per heavy atom. The molecule has 1 aromatic carbocycles. The van der Waals surface area contributed by atoms with Crippen molar-refractivity contribution in [2.45, 2.75) is 13.3 Å². The number of nitrogens with zero attached hydrogens (tertiary/aromatic N) is 2. The van der Waals surface area contributed by atoms with E-state index in [-0.39, 0.29) is 5.91 Å². The van der Waals surface area contributed by atoms with Gasteiger partial charge in [-0.15, -0.1) is 0 Å². The minimum atomic E-state index is -0.0699. The van der Waals surface area contributed by atoms with Crippen LogP contribution in [0.4, 0.5) is 0 Å². The standard InChI is InChI=1S/C19H25N5O/c1-2-20-19(23-13-11-17-10-6-7-12-21-17)24-15-14-22-18(25)16-8-4-3-5-9-16/h3-10,12H,2,11,13-15H2,1H3,(H,22,25)(H2,20,23,24). The zero-order valence-electron chi connectivity index (χ0n) is 14.5. The fraction of sp³-hybridized carbons (Fsp3) is 0.316. The first kappa shape index (κ1) is 18.4. The summed E-state index contributed by atoms with van der Waals surface area (Å²) < 4.78 is 0. The number of benzene rings is 1. The third-order valence-electron chi connectivity index (χ3n) is 3.45. The van der Waals surface area contributed by atoms with Crippen molar-refractivity contribution in [1.82, 2.24) is 20.9 Å². The molecule has 1 heterocycles. The zero-order valence-corrected chi connectivity index (χ0v) is 14.5. The second kappa shape index (κ2) is 10.8. The largest absolute Gasteiger partial charge is 0.357 e. The Kier molecular flexibility index (Phi) is 7.97. The molecule has 6 heteroatoms. The van der Waals surface area contributed by atoms with Crippen molar-refractivity contribution in [1.29, 1.82) is 0 Å². The number of aliphatic imine (C=N–C) groups is 1. The summed E-state index contributed by atoms with van der Waals surface area (Å²) in [5.74, 6) is 0.673. The van der Waals surface area contributed by atoms with Crippen LogP contribution in [0, 0.1) is 0 Å². The van der Waals surface area contributed by atoms with Gasteiger partial charge in [0.05, 0.1) is 0 Å². The van der Waals surface area contributed by atoms with Crippen LogP contribution >= 0.6 is 0 Å². The Bertz CT molecular complexity index is 658. The van der Waals surface area contributed by atoms with E-state index in [1.807, 2.05) is 43.3 Å². The Labute approximate surface area is 148 Å². The van der Waals surface area contributed by atoms with Gasteiger partial charge in [0.2, 0.25) is 0 Å². The first-order valence-corrected chi connectivity index (χ1v) is 8.55. The number of aromatic nitrogens is 1. The molecule has 0 radical (unpaired) electrons. The van der Waals surface area contributed by atoms with Crippen molar-refractivity contribution >= 4 is 11.9 Å². The number of guanidine groups is 1. The number of carbonyl (C=O) groups excluding carboxylic acids is 1. The molecule has 0 unspecified atom stereocenters. The Morgan fingerprint density at radius 2 is 1.76 bits per heavy atom. The summed E-state index contributed by atoms with van der Waals surface area (Å²) in [5, 5.41) is 9.30. The van der Waals surface area contributed by atoms with Crippen LogP contribution in [0.25, 0.3) is 0 Å². The fourth-order valence-electron chi connectivity index (χ4n) is 2.22. The lowest BCUT2D eigenvalue weighted by molar-refractivity contribution is 0.0954. The maximum atomic E-state index is 12.0. The van der Waals surface area contributed by atoms with Gasteiger partial charge in [0, 0.05) is 50.1 Å². The number of carbonyl (C=O) groups is 1. The van der Waals surface area contributed by atoms with Gasteiger partial charge in [0.15, 0.2) is 5.96 Å². The third kappa shape index (κ3) is 7.03. The van der Waals surface area contributed by atoms with Gasteiger partial charge in [0.1, 0.15) is 0 Å². The summed E-state index contributed by atoms with van der Waals surface area (Å²) in [4.78, 5) is 20.8. The van der Waals surface area contributed by atoms with E-state index >= 15 is 0 Å². The van der Waals surface area contributed by atoms with Gasteiger partial charge in [-0.3, -0.25) is 14.8 Å². The van der Waals surface area contributed by atoms with Crippen LogP contribution in [-0.2, 0) is 6.42 Å². The first-order valence-electron chi connectivity index (χ1n) is 8.55. The molecule has 0 fully saturated rings. The second-order valence-corrected chi connectivity index (χ2v) is 5.38. The van der Waals surface area contributed by atoms with Crippen LogP contribution < -0.4 is 16.0 Å². The number of hydrogen-bond donors (Lipinski definition) is 3. The van der Waals surface area contributed by atoms with Gasteiger partial charge in [-0.2, -0.15) is 0 Å². The molecule has 2 rings (SSSR count). The second-order valence-electron chi connectivity index (χ2n) is 5.38. The van der Waals surface area contributed by atoms with Crippen molar-refractivity contribution in [2.24, 2.45) is 4.99 Å². The highest BCUT2D eigenvalue weighted by Gasteiger charge is 2.03. The minimum Gasteiger partial charge on any atom is -0.357 e. The van der Waals surface area contributed by atoms with Crippen LogP contribution in [0.3, 0.4) is 0 Å². The van der Waals surface area contributed by atoms with Crippen LogP contribution in [0.2, 0.25) is 0 Å². The van der Waals surface area contributed by atoms with Crippen LogP contribution in [0.15, 0.2) is 59.7 Å². The molecule has 1 amide bonds. The van der Waals surface area contributed by atoms with Crippen LogP contribution in [0.1, 0.15) is 23.0 Å². The summed E-state index contributed by atoms with van der Waals surface area (Å²) in [7, 11) is 0. The molecule has 1 aromatic heterocycles. The van der Waals surface area contributed by atoms with Gasteiger partial charge < -0.3 is 16.0 Å². The van der Waals surface area contributed by atoms with Crippen molar-refractivity contribution in [2.75, 3.05) is 26.2 Å². The van der Waals surface area contributed by atoms with Crippen molar-refractivity contribution in [3.63, 3.8) is 0 Å². The van der Waals surface area contributed by atoms with E-state index in [0.29, 0.717) is 25.2 Å². The van der Waals surface area contributed by atoms with E-state index in [2.05, 4.69) is 25.9 Å². The number of hydrogen-bond acceptors (Lipinski definition) is 3. The normalized spacial score (nSPS) is 11.0. The molecule has 3 N–H and O–H groups in total. The molecule has 0 bridgehead atoms. The molecule has 0 aliphatic rings. The lowest BCUT2D eigenvalue weighted by Gasteiger charge is -2.12. The van der Waals surface area contributed by atoms with Gasteiger partial charge in [-0.05, 0) is 31.2 Å². The molecule has 0 aliphatic heterocycles. The Hall–Kier alpha value is -2.89. The molecule has 0 aliphatic carbocycles. The van der Waals surface area contributed by atoms with E-state index in [1.54, 1.807) is 18.3 Å². The number of amides is 1. The predicted molar refractivity (Wildman–Crippen MR) is 101 cm³/mol. The molecule has 0 saturated carbocycles. The zero-order chi connectivity index (χ0) is 17.7. The number of rotatable bonds is 8. The van der Waals surface area contributed by atoms with Crippen LogP contribution in [0.5, 0.6) is 0 Å². The van der Waals surface area contributed by atoms with E-state index < -0.39 is 0 Å². The lowest BCUT2D eigenvalue weighted by atomic mass is 10.2. The molecule has 25 heavy (non-hydrogen) atoms. The predicted octanol–water partition coefficient (Wildman–Crippen LogP) is 1.61. The smallest absolute Gasteiger partial charge is 0.251 e. The van der Waals surface area contributed by atoms with Gasteiger partial charge in [-0.1, -0.05) is 24.3 Å². The van der Waals surface area contributed by atoms with Crippen molar-refractivity contribution < 1.29 is 4.79 Å². The average Bonchev–Trinajstić information content (AvgIpc) is 2.66. The maximum Gasteiger partial charge on any atom is 0.251 e. The Balaban J connectivity index is 1.71. The quantitative estimate of drug-likeness (QED) is 0.388. The molecule has 0 saturated heterocycles. The molecule has 2 aromatic rings. The highest BCUT2D eigenvalue weighted by atomic mass is 16.1. The summed E-state index contributed by atoms with van der Waals surface area (Å²) in [6.07, 6.45) is 2.58. The monoisotopic (exact) mass is 339 g/mol. The lowest BCUT2D eigenvalue weighted by Crippen LogP contribution is -2.41. The molecule has 0 atom stereocenters. The van der Waals surface area contributed by atoms with Crippen molar-refractivity contribution in [3.05, 3.63) is 66.0 Å². The topological polar surface area (TPSA) is 78.4 Å². The van der Waals surface area contributed by atoms with Gasteiger partial charge in [0.25, 0.3) is 5.91 Å². The van der Waals surface area contributed by atoms with E-state index in [1.165, 1.54) is 0 Å². The SMILES string of the molecule is CCNC(=NCCc1ccccn1)NCCNC(=O)c1ccccc1. The van der Waals surface area contributed by atoms with Crippen molar-refractivity contribution in [3.8, 4) is 0 Å². The van der Waals surface area contributed by atoms with Gasteiger partial charge >= 0.3 is 0 Å². The summed E-state index contributed by atoms with van der Waals surface area (Å²) >= 11 is 0. The maximum absolute atomic E-state index is 12.0. The Morgan fingerprint density at radius 3 is 2.48 bits per heavy atom. The molecule has 0 spiro atoms. The van der Waals surface area contributed by atoms with E-state index in [9.17, 15) is 4.79 Å². The molecular formula is C19H25N5O. The van der Waals surface area contributed by atoms with Crippen LogP contribution in [-0.4, -0.2) is 43.0 Å². The minimum absolute atomic E-state index is 0.0699. The highest BCUT2D eigenvalue weighted by Crippen LogP contribution is 1.97. The fourth-order valence-corrected chi connectivity index (χ4v) is 2.22. The molecule has 132 valence electrons. The number of pyridine rings is 1. The summed E-state index contributed by atoms with van der Waals surface area (Å²) in [6, 6.07) is 15.1. The molecular weight excluding hydrogens is 314 g/mol. The average molecular weight is 339 g/mol. The highest BCUT2D eigenvalue weighted by molar-refractivity contribution is 5.94.